The van der Waals surface area contributed by atoms with Crippen LogP contribution in [0.4, 0.5) is 11.4 Å². The Kier molecular flexibility index (Phi) is 5.67. The van der Waals surface area contributed by atoms with E-state index in [-0.39, 0.29) is 10.8 Å². The lowest BCUT2D eigenvalue weighted by Gasteiger charge is -2.17. The van der Waals surface area contributed by atoms with Crippen molar-refractivity contribution < 1.29 is 13.2 Å². The Bertz CT molecular complexity index is 1110. The number of anilines is 2. The fourth-order valence-corrected chi connectivity index (χ4v) is 3.74. The van der Waals surface area contributed by atoms with Gasteiger partial charge in [-0.25, -0.2) is 12.7 Å². The lowest BCUT2D eigenvalue weighted by atomic mass is 10.1. The highest BCUT2D eigenvalue weighted by Crippen LogP contribution is 2.21. The average Bonchev–Trinajstić information content (AvgIpc) is 2.68. The van der Waals surface area contributed by atoms with Crippen molar-refractivity contribution in [3.05, 3.63) is 66.7 Å². The maximum atomic E-state index is 12.5. The highest BCUT2D eigenvalue weighted by Gasteiger charge is 2.18. The molecule has 146 valence electrons. The third-order valence-corrected chi connectivity index (χ3v) is 6.22. The van der Waals surface area contributed by atoms with Crippen LogP contribution < -0.4 is 10.6 Å². The number of nitrogens with one attached hydrogen (secondary N) is 2. The molecule has 1 atom stereocenters. The molecule has 3 aromatic rings. The van der Waals surface area contributed by atoms with Gasteiger partial charge < -0.3 is 10.6 Å². The van der Waals surface area contributed by atoms with E-state index < -0.39 is 16.1 Å². The zero-order chi connectivity index (χ0) is 20.3. The molecular formula is C21H23N3O3S. The second-order valence-electron chi connectivity index (χ2n) is 6.73. The maximum Gasteiger partial charge on any atom is 0.246 e. The molecule has 0 saturated heterocycles. The molecule has 3 rings (SSSR count). The summed E-state index contributed by atoms with van der Waals surface area (Å²) in [5.41, 5.74) is 1.27. The summed E-state index contributed by atoms with van der Waals surface area (Å²) in [7, 11) is -0.622. The normalized spacial score (nSPS) is 12.7. The molecule has 0 aliphatic rings. The molecule has 2 N–H and O–H groups in total. The van der Waals surface area contributed by atoms with Crippen molar-refractivity contribution in [1.82, 2.24) is 4.31 Å². The summed E-state index contributed by atoms with van der Waals surface area (Å²) in [4.78, 5) is 12.7. The summed E-state index contributed by atoms with van der Waals surface area (Å²) in [5.74, 6) is -0.257. The van der Waals surface area contributed by atoms with Crippen LogP contribution in [-0.2, 0) is 14.8 Å². The third-order valence-electron chi connectivity index (χ3n) is 4.41. The summed E-state index contributed by atoms with van der Waals surface area (Å²) in [6.45, 7) is 1.75. The zero-order valence-electron chi connectivity index (χ0n) is 16.0. The Morgan fingerprint density at radius 1 is 0.893 bits per heavy atom. The Balaban J connectivity index is 1.72. The molecule has 7 heteroatoms. The lowest BCUT2D eigenvalue weighted by molar-refractivity contribution is -0.116. The van der Waals surface area contributed by atoms with E-state index in [4.69, 9.17) is 0 Å². The molecule has 0 aliphatic heterocycles. The molecular weight excluding hydrogens is 374 g/mol. The molecule has 0 aliphatic carbocycles. The number of hydrogen-bond acceptors (Lipinski definition) is 4. The minimum absolute atomic E-state index is 0.130. The van der Waals surface area contributed by atoms with Crippen LogP contribution in [-0.4, -0.2) is 38.8 Å². The fourth-order valence-electron chi connectivity index (χ4n) is 2.79. The first-order valence-electron chi connectivity index (χ1n) is 8.86. The van der Waals surface area contributed by atoms with Crippen molar-refractivity contribution in [3.8, 4) is 0 Å². The van der Waals surface area contributed by atoms with Crippen LogP contribution >= 0.6 is 0 Å². The molecule has 0 radical (unpaired) electrons. The second kappa shape index (κ2) is 8.00. The standard InChI is InChI=1S/C21H23N3O3S/c1-15(22-19-12-11-16-7-4-5-8-17(16)13-19)21(25)23-18-9-6-10-20(14-18)28(26,27)24(2)3/h4-15,22H,1-3H3,(H,23,25)/t15-/m0/s1. The molecule has 1 amide bonds. The number of nitrogens with zero attached hydrogens (tertiary/aromatic N) is 1. The van der Waals surface area contributed by atoms with Gasteiger partial charge in [-0.2, -0.15) is 0 Å². The minimum atomic E-state index is -3.56. The quantitative estimate of drug-likeness (QED) is 0.667. The SMILES string of the molecule is C[C@H](Nc1ccc2ccccc2c1)C(=O)Nc1cccc(S(=O)(=O)N(C)C)c1. The van der Waals surface area contributed by atoms with Crippen LogP contribution in [0.25, 0.3) is 10.8 Å². The molecule has 3 aromatic carbocycles. The monoisotopic (exact) mass is 397 g/mol. The van der Waals surface area contributed by atoms with Crippen LogP contribution in [0.2, 0.25) is 0 Å². The molecule has 0 aromatic heterocycles. The number of carbonyl (C=O) groups is 1. The van der Waals surface area contributed by atoms with Crippen LogP contribution in [0, 0.1) is 0 Å². The molecule has 0 bridgehead atoms. The first-order chi connectivity index (χ1) is 13.3. The first kappa shape index (κ1) is 19.9. The smallest absolute Gasteiger partial charge is 0.246 e. The van der Waals surface area contributed by atoms with Gasteiger partial charge in [0.05, 0.1) is 4.90 Å². The summed E-state index contributed by atoms with van der Waals surface area (Å²) in [6.07, 6.45) is 0. The van der Waals surface area contributed by atoms with E-state index in [9.17, 15) is 13.2 Å². The van der Waals surface area contributed by atoms with E-state index in [1.54, 1.807) is 19.1 Å². The van der Waals surface area contributed by atoms with Gasteiger partial charge in [0.25, 0.3) is 0 Å². The number of sulfonamides is 1. The molecule has 0 saturated carbocycles. The van der Waals surface area contributed by atoms with Crippen LogP contribution in [0.3, 0.4) is 0 Å². The summed E-state index contributed by atoms with van der Waals surface area (Å²) in [5, 5.41) is 8.16. The predicted octanol–water partition coefficient (Wildman–Crippen LogP) is 3.53. The number of fused-ring (bicyclic) bond motifs is 1. The van der Waals surface area contributed by atoms with Crippen molar-refractivity contribution >= 4 is 38.1 Å². The zero-order valence-corrected chi connectivity index (χ0v) is 16.8. The van der Waals surface area contributed by atoms with E-state index in [1.807, 2.05) is 42.5 Å². The van der Waals surface area contributed by atoms with Gasteiger partial charge >= 0.3 is 0 Å². The van der Waals surface area contributed by atoms with E-state index in [2.05, 4.69) is 10.6 Å². The number of hydrogen-bond donors (Lipinski definition) is 2. The number of benzene rings is 3. The molecule has 0 spiro atoms. The Labute approximate surface area is 165 Å². The van der Waals surface area contributed by atoms with Gasteiger partial charge in [0, 0.05) is 25.5 Å². The van der Waals surface area contributed by atoms with Crippen molar-refractivity contribution in [3.63, 3.8) is 0 Å². The van der Waals surface area contributed by atoms with Gasteiger partial charge in [-0.15, -0.1) is 0 Å². The second-order valence-corrected chi connectivity index (χ2v) is 8.88. The van der Waals surface area contributed by atoms with Crippen LogP contribution in [0.1, 0.15) is 6.92 Å². The number of carbonyl (C=O) groups excluding carboxylic acids is 1. The Morgan fingerprint density at radius 3 is 2.32 bits per heavy atom. The summed E-state index contributed by atoms with van der Waals surface area (Å²) in [6, 6.07) is 19.6. The van der Waals surface area contributed by atoms with Gasteiger partial charge in [0.15, 0.2) is 0 Å². The Hall–Kier alpha value is -2.90. The summed E-state index contributed by atoms with van der Waals surface area (Å²) >= 11 is 0. The average molecular weight is 398 g/mol. The lowest BCUT2D eigenvalue weighted by Crippen LogP contribution is -2.32. The van der Waals surface area contributed by atoms with Crippen molar-refractivity contribution in [2.75, 3.05) is 24.7 Å². The predicted molar refractivity (Wildman–Crippen MR) is 113 cm³/mol. The summed E-state index contributed by atoms with van der Waals surface area (Å²) < 4.78 is 25.6. The van der Waals surface area contributed by atoms with Gasteiger partial charge in [-0.05, 0) is 48.0 Å². The first-order valence-corrected chi connectivity index (χ1v) is 10.3. The van der Waals surface area contributed by atoms with E-state index in [1.165, 1.54) is 26.2 Å². The fraction of sp³-hybridized carbons (Fsp3) is 0.190. The number of amides is 1. The topological polar surface area (TPSA) is 78.5 Å². The van der Waals surface area contributed by atoms with Gasteiger partial charge in [-0.1, -0.05) is 36.4 Å². The van der Waals surface area contributed by atoms with E-state index >= 15 is 0 Å². The number of rotatable bonds is 6. The highest BCUT2D eigenvalue weighted by molar-refractivity contribution is 7.89. The molecule has 28 heavy (non-hydrogen) atoms. The largest absolute Gasteiger partial charge is 0.374 e. The van der Waals surface area contributed by atoms with Gasteiger partial charge in [-0.3, -0.25) is 4.79 Å². The molecule has 6 nitrogen and oxygen atoms in total. The van der Waals surface area contributed by atoms with E-state index in [0.29, 0.717) is 5.69 Å². The van der Waals surface area contributed by atoms with Crippen molar-refractivity contribution in [1.29, 1.82) is 0 Å². The Morgan fingerprint density at radius 2 is 1.61 bits per heavy atom. The van der Waals surface area contributed by atoms with Gasteiger partial charge in [0.2, 0.25) is 15.9 Å². The third kappa shape index (κ3) is 4.32. The van der Waals surface area contributed by atoms with Gasteiger partial charge in [0.1, 0.15) is 6.04 Å². The molecule has 0 heterocycles. The van der Waals surface area contributed by atoms with Crippen molar-refractivity contribution in [2.24, 2.45) is 0 Å². The van der Waals surface area contributed by atoms with Crippen LogP contribution in [0.5, 0.6) is 0 Å². The maximum absolute atomic E-state index is 12.5. The van der Waals surface area contributed by atoms with Crippen LogP contribution in [0.15, 0.2) is 71.6 Å². The van der Waals surface area contributed by atoms with E-state index in [0.717, 1.165) is 20.8 Å². The highest BCUT2D eigenvalue weighted by atomic mass is 32.2. The molecule has 0 fully saturated rings. The minimum Gasteiger partial charge on any atom is -0.374 e. The molecule has 0 unspecified atom stereocenters. The van der Waals surface area contributed by atoms with Crippen molar-refractivity contribution in [2.45, 2.75) is 17.9 Å².